The Morgan fingerprint density at radius 2 is 1.70 bits per heavy atom. The van der Waals surface area contributed by atoms with Gasteiger partial charge in [0, 0.05) is 50.3 Å². The lowest BCUT2D eigenvalue weighted by Crippen LogP contribution is -2.48. The van der Waals surface area contributed by atoms with E-state index in [4.69, 9.17) is 5.73 Å². The van der Waals surface area contributed by atoms with E-state index in [1.54, 1.807) is 24.5 Å². The Hall–Kier alpha value is -2.89. The zero-order valence-electron chi connectivity index (χ0n) is 12.8. The summed E-state index contributed by atoms with van der Waals surface area (Å²) in [7, 11) is 0. The molecule has 6 heteroatoms. The molecule has 0 bridgehead atoms. The number of amides is 1. The molecule has 1 aliphatic heterocycles. The Morgan fingerprint density at radius 1 is 1.04 bits per heavy atom. The van der Waals surface area contributed by atoms with Gasteiger partial charge in [-0.3, -0.25) is 4.79 Å². The first-order valence-corrected chi connectivity index (χ1v) is 7.57. The molecule has 0 spiro atoms. The molecule has 0 saturated carbocycles. The molecule has 1 aromatic carbocycles. The van der Waals surface area contributed by atoms with E-state index in [0.29, 0.717) is 18.8 Å². The lowest BCUT2D eigenvalue weighted by molar-refractivity contribution is -0.126. The highest BCUT2D eigenvalue weighted by molar-refractivity contribution is 5.92. The number of benzene rings is 1. The van der Waals surface area contributed by atoms with Gasteiger partial charge < -0.3 is 15.5 Å². The fraction of sp³-hybridized carbons (Fsp3) is 0.235. The highest BCUT2D eigenvalue weighted by Gasteiger charge is 2.20. The number of piperazine rings is 1. The first-order valence-electron chi connectivity index (χ1n) is 7.57. The molecule has 1 fully saturated rings. The summed E-state index contributed by atoms with van der Waals surface area (Å²) < 4.78 is 0. The summed E-state index contributed by atoms with van der Waals surface area (Å²) in [6.45, 7) is 2.82. The Bertz CT molecular complexity index is 676. The summed E-state index contributed by atoms with van der Waals surface area (Å²) in [4.78, 5) is 24.7. The van der Waals surface area contributed by atoms with Crippen molar-refractivity contribution in [1.29, 1.82) is 0 Å². The minimum atomic E-state index is 0.0236. The molecule has 1 saturated heterocycles. The van der Waals surface area contributed by atoms with Gasteiger partial charge in [-0.25, -0.2) is 9.97 Å². The molecule has 2 aromatic rings. The highest BCUT2D eigenvalue weighted by Crippen LogP contribution is 2.11. The first kappa shape index (κ1) is 15.0. The summed E-state index contributed by atoms with van der Waals surface area (Å²) in [6, 6.07) is 9.23. The van der Waals surface area contributed by atoms with E-state index >= 15 is 0 Å². The van der Waals surface area contributed by atoms with E-state index in [0.717, 1.165) is 24.6 Å². The van der Waals surface area contributed by atoms with E-state index in [-0.39, 0.29) is 5.91 Å². The van der Waals surface area contributed by atoms with E-state index in [9.17, 15) is 4.79 Å². The van der Waals surface area contributed by atoms with E-state index < -0.39 is 0 Å². The molecule has 1 amide bonds. The van der Waals surface area contributed by atoms with Gasteiger partial charge in [0.2, 0.25) is 11.9 Å². The molecule has 2 N–H and O–H groups in total. The molecule has 0 atom stereocenters. The van der Waals surface area contributed by atoms with Gasteiger partial charge in [-0.1, -0.05) is 12.1 Å². The molecule has 0 aliphatic carbocycles. The van der Waals surface area contributed by atoms with Crippen molar-refractivity contribution in [3.8, 4) is 0 Å². The van der Waals surface area contributed by atoms with Crippen molar-refractivity contribution in [3.63, 3.8) is 0 Å². The lowest BCUT2D eigenvalue weighted by Gasteiger charge is -2.34. The smallest absolute Gasteiger partial charge is 0.246 e. The summed E-state index contributed by atoms with van der Waals surface area (Å²) in [5.74, 6) is 0.743. The number of carbonyl (C=O) groups excluding carboxylic acids is 1. The van der Waals surface area contributed by atoms with E-state index in [2.05, 4.69) is 14.9 Å². The minimum Gasteiger partial charge on any atom is -0.399 e. The van der Waals surface area contributed by atoms with Crippen LogP contribution in [0.25, 0.3) is 6.08 Å². The number of anilines is 2. The van der Waals surface area contributed by atoms with E-state index in [1.807, 2.05) is 35.2 Å². The predicted molar refractivity (Wildman–Crippen MR) is 90.7 cm³/mol. The summed E-state index contributed by atoms with van der Waals surface area (Å²) in [6.07, 6.45) is 6.89. The normalized spacial score (nSPS) is 15.1. The van der Waals surface area contributed by atoms with Gasteiger partial charge in [-0.15, -0.1) is 0 Å². The fourth-order valence-electron chi connectivity index (χ4n) is 2.46. The molecule has 0 radical (unpaired) electrons. The number of nitrogens with zero attached hydrogens (tertiary/aromatic N) is 4. The average Bonchev–Trinajstić information content (AvgIpc) is 2.62. The van der Waals surface area contributed by atoms with Crippen LogP contribution in [-0.4, -0.2) is 47.0 Å². The van der Waals surface area contributed by atoms with Crippen molar-refractivity contribution in [1.82, 2.24) is 14.9 Å². The minimum absolute atomic E-state index is 0.0236. The van der Waals surface area contributed by atoms with Crippen LogP contribution in [0.15, 0.2) is 48.8 Å². The maximum atomic E-state index is 12.2. The van der Waals surface area contributed by atoms with Crippen LogP contribution in [-0.2, 0) is 4.79 Å². The van der Waals surface area contributed by atoms with Gasteiger partial charge in [0.1, 0.15) is 0 Å². The van der Waals surface area contributed by atoms with Gasteiger partial charge in [-0.05, 0) is 29.8 Å². The molecule has 6 nitrogen and oxygen atoms in total. The number of aromatic nitrogens is 2. The van der Waals surface area contributed by atoms with Crippen LogP contribution in [0.3, 0.4) is 0 Å². The highest BCUT2D eigenvalue weighted by atomic mass is 16.2. The molecular formula is C17H19N5O. The fourth-order valence-corrected chi connectivity index (χ4v) is 2.46. The summed E-state index contributed by atoms with van der Waals surface area (Å²) in [5.41, 5.74) is 7.32. The third kappa shape index (κ3) is 3.85. The van der Waals surface area contributed by atoms with Crippen molar-refractivity contribution in [2.75, 3.05) is 36.8 Å². The van der Waals surface area contributed by atoms with E-state index in [1.165, 1.54) is 0 Å². The van der Waals surface area contributed by atoms with Crippen molar-refractivity contribution in [3.05, 3.63) is 54.4 Å². The maximum absolute atomic E-state index is 12.2. The van der Waals surface area contributed by atoms with Crippen LogP contribution in [0.2, 0.25) is 0 Å². The number of rotatable bonds is 3. The van der Waals surface area contributed by atoms with Crippen LogP contribution in [0.5, 0.6) is 0 Å². The van der Waals surface area contributed by atoms with Crippen molar-refractivity contribution in [2.45, 2.75) is 0 Å². The third-order valence-corrected chi connectivity index (χ3v) is 3.78. The van der Waals surface area contributed by atoms with Crippen LogP contribution in [0.1, 0.15) is 5.56 Å². The number of hydrogen-bond donors (Lipinski definition) is 1. The molecular weight excluding hydrogens is 290 g/mol. The Kier molecular flexibility index (Phi) is 4.52. The Balaban J connectivity index is 1.55. The van der Waals surface area contributed by atoms with Crippen LogP contribution in [0, 0.1) is 0 Å². The van der Waals surface area contributed by atoms with Crippen LogP contribution >= 0.6 is 0 Å². The third-order valence-electron chi connectivity index (χ3n) is 3.78. The monoisotopic (exact) mass is 309 g/mol. The molecule has 0 unspecified atom stereocenters. The average molecular weight is 309 g/mol. The predicted octanol–water partition coefficient (Wildman–Crippen LogP) is 1.42. The Morgan fingerprint density at radius 3 is 2.35 bits per heavy atom. The van der Waals surface area contributed by atoms with Gasteiger partial charge >= 0.3 is 0 Å². The zero-order valence-corrected chi connectivity index (χ0v) is 12.8. The summed E-state index contributed by atoms with van der Waals surface area (Å²) >= 11 is 0. The second kappa shape index (κ2) is 6.91. The number of hydrogen-bond acceptors (Lipinski definition) is 5. The van der Waals surface area contributed by atoms with Crippen molar-refractivity contribution < 1.29 is 4.79 Å². The Labute approximate surface area is 135 Å². The molecule has 118 valence electrons. The van der Waals surface area contributed by atoms with Gasteiger partial charge in [-0.2, -0.15) is 0 Å². The second-order valence-electron chi connectivity index (χ2n) is 5.36. The van der Waals surface area contributed by atoms with Gasteiger partial charge in [0.15, 0.2) is 0 Å². The van der Waals surface area contributed by atoms with Crippen LogP contribution in [0.4, 0.5) is 11.6 Å². The topological polar surface area (TPSA) is 75.4 Å². The molecule has 3 rings (SSSR count). The zero-order chi connectivity index (χ0) is 16.1. The largest absolute Gasteiger partial charge is 0.399 e. The molecule has 23 heavy (non-hydrogen) atoms. The lowest BCUT2D eigenvalue weighted by atomic mass is 10.2. The van der Waals surface area contributed by atoms with Crippen molar-refractivity contribution >= 4 is 23.6 Å². The maximum Gasteiger partial charge on any atom is 0.246 e. The second-order valence-corrected chi connectivity index (χ2v) is 5.36. The number of nitrogens with two attached hydrogens (primary N) is 1. The number of nitrogen functional groups attached to an aromatic ring is 1. The first-order chi connectivity index (χ1) is 11.2. The van der Waals surface area contributed by atoms with Gasteiger partial charge in [0.05, 0.1) is 0 Å². The quantitative estimate of drug-likeness (QED) is 0.685. The standard InChI is InChI=1S/C17H19N5O/c18-15-5-2-14(3-6-15)4-7-16(23)21-10-12-22(13-11-21)17-19-8-1-9-20-17/h1-9H,10-13,18H2/b7-4+. The van der Waals surface area contributed by atoms with Crippen LogP contribution < -0.4 is 10.6 Å². The summed E-state index contributed by atoms with van der Waals surface area (Å²) in [5, 5.41) is 0. The van der Waals surface area contributed by atoms with Gasteiger partial charge in [0.25, 0.3) is 0 Å². The number of carbonyl (C=O) groups is 1. The SMILES string of the molecule is Nc1ccc(/C=C/C(=O)N2CCN(c3ncccn3)CC2)cc1. The molecule has 1 aliphatic rings. The molecule has 1 aromatic heterocycles. The molecule has 2 heterocycles. The van der Waals surface area contributed by atoms with Crippen molar-refractivity contribution in [2.24, 2.45) is 0 Å².